The number of nitrogens with one attached hydrogen (secondary N) is 1. The average molecular weight is 491 g/mol. The van der Waals surface area contributed by atoms with Crippen LogP contribution in [0.15, 0.2) is 65.6 Å². The van der Waals surface area contributed by atoms with Gasteiger partial charge in [0.2, 0.25) is 0 Å². The van der Waals surface area contributed by atoms with Crippen molar-refractivity contribution < 1.29 is 14.3 Å². The van der Waals surface area contributed by atoms with Crippen molar-refractivity contribution in [3.63, 3.8) is 0 Å². The maximum atomic E-state index is 13.3. The van der Waals surface area contributed by atoms with E-state index in [1.54, 1.807) is 53.0 Å². The lowest BCUT2D eigenvalue weighted by molar-refractivity contribution is -0.122. The van der Waals surface area contributed by atoms with Crippen molar-refractivity contribution in [1.82, 2.24) is 5.32 Å². The van der Waals surface area contributed by atoms with Gasteiger partial charge in [0.1, 0.15) is 17.1 Å². The number of aryl methyl sites for hydroxylation is 2. The Morgan fingerprint density at radius 1 is 1.00 bits per heavy atom. The fourth-order valence-corrected chi connectivity index (χ4v) is 6.46. The normalized spacial score (nSPS) is 15.4. The number of thiophene rings is 2. The largest absolute Gasteiger partial charge is 0.457 e. The van der Waals surface area contributed by atoms with Gasteiger partial charge in [-0.05, 0) is 85.0 Å². The molecule has 1 fully saturated rings. The molecule has 1 aliphatic heterocycles. The van der Waals surface area contributed by atoms with Gasteiger partial charge in [0.25, 0.3) is 11.8 Å². The third-order valence-electron chi connectivity index (χ3n) is 5.34. The Labute approximate surface area is 203 Å². The Balaban J connectivity index is 1.45. The molecule has 0 aliphatic carbocycles. The molecule has 164 valence electrons. The minimum atomic E-state index is -0.488. The molecule has 8 heteroatoms. The van der Waals surface area contributed by atoms with Crippen LogP contribution in [0.25, 0.3) is 15.5 Å². The molecule has 0 bridgehead atoms. The quantitative estimate of drug-likeness (QED) is 0.210. The molecule has 1 saturated heterocycles. The summed E-state index contributed by atoms with van der Waals surface area (Å²) in [6.45, 7) is 4.09. The van der Waals surface area contributed by atoms with Gasteiger partial charge in [0.15, 0.2) is 5.11 Å². The van der Waals surface area contributed by atoms with Crippen LogP contribution in [0.4, 0.5) is 5.69 Å². The van der Waals surface area contributed by atoms with Crippen LogP contribution in [-0.4, -0.2) is 16.9 Å². The number of carbonyl (C=O) groups is 2. The van der Waals surface area contributed by atoms with Crippen LogP contribution >= 0.6 is 34.9 Å². The van der Waals surface area contributed by atoms with Crippen LogP contribution in [0, 0.1) is 13.8 Å². The van der Waals surface area contributed by atoms with E-state index in [9.17, 15) is 9.59 Å². The van der Waals surface area contributed by atoms with Gasteiger partial charge in [-0.15, -0.1) is 22.7 Å². The number of amides is 2. The van der Waals surface area contributed by atoms with Crippen molar-refractivity contribution in [3.05, 3.63) is 81.6 Å². The summed E-state index contributed by atoms with van der Waals surface area (Å²) in [5.74, 6) is 0.407. The number of carbonyl (C=O) groups excluding carboxylic acids is 2. The second-order valence-electron chi connectivity index (χ2n) is 7.54. The first-order valence-corrected chi connectivity index (χ1v) is 12.2. The van der Waals surface area contributed by atoms with Crippen molar-refractivity contribution in [2.45, 2.75) is 13.8 Å². The van der Waals surface area contributed by atoms with E-state index in [1.165, 1.54) is 19.9 Å². The molecule has 3 heterocycles. The van der Waals surface area contributed by atoms with Gasteiger partial charge in [0.05, 0.1) is 9.70 Å². The maximum Gasteiger partial charge on any atom is 0.270 e. The van der Waals surface area contributed by atoms with Crippen LogP contribution in [0.5, 0.6) is 11.5 Å². The minimum absolute atomic E-state index is 0.0543. The first-order chi connectivity index (χ1) is 15.9. The number of thiocarbonyl (C=S) groups is 1. The molecule has 5 nitrogen and oxygen atoms in total. The van der Waals surface area contributed by atoms with Gasteiger partial charge in [-0.2, -0.15) is 0 Å². The van der Waals surface area contributed by atoms with Gasteiger partial charge in [-0.3, -0.25) is 19.8 Å². The van der Waals surface area contributed by atoms with Crippen molar-refractivity contribution in [2.24, 2.45) is 0 Å². The van der Waals surface area contributed by atoms with Crippen LogP contribution in [0.1, 0.15) is 16.0 Å². The molecule has 33 heavy (non-hydrogen) atoms. The molecule has 2 aromatic carbocycles. The summed E-state index contributed by atoms with van der Waals surface area (Å²) >= 11 is 8.58. The summed E-state index contributed by atoms with van der Waals surface area (Å²) < 4.78 is 7.00. The lowest BCUT2D eigenvalue weighted by Crippen LogP contribution is -2.54. The fourth-order valence-electron chi connectivity index (χ4n) is 3.69. The van der Waals surface area contributed by atoms with Crippen LogP contribution in [0.3, 0.4) is 0 Å². The highest BCUT2D eigenvalue weighted by Crippen LogP contribution is 2.39. The molecule has 0 atom stereocenters. The highest BCUT2D eigenvalue weighted by molar-refractivity contribution is 7.80. The van der Waals surface area contributed by atoms with Gasteiger partial charge in [-0.25, -0.2) is 0 Å². The molecule has 1 N–H and O–H groups in total. The van der Waals surface area contributed by atoms with Crippen LogP contribution < -0.4 is 15.0 Å². The summed E-state index contributed by atoms with van der Waals surface area (Å²) in [6.07, 6.45) is 1.67. The summed E-state index contributed by atoms with van der Waals surface area (Å²) in [4.78, 5) is 28.2. The van der Waals surface area contributed by atoms with Gasteiger partial charge in [-0.1, -0.05) is 18.2 Å². The second-order valence-corrected chi connectivity index (χ2v) is 10.1. The SMILES string of the molecule is Cc1csc2sc(/C=C3\C(=O)NC(=S)N(c4ccc(Oc5ccccc5)cc4)C3=O)c(C)c12. The molecule has 0 saturated carbocycles. The molecular weight excluding hydrogens is 472 g/mol. The van der Waals surface area contributed by atoms with Crippen molar-refractivity contribution in [3.8, 4) is 11.5 Å². The molecule has 0 spiro atoms. The third kappa shape index (κ3) is 3.97. The molecule has 2 aromatic heterocycles. The highest BCUT2D eigenvalue weighted by Gasteiger charge is 2.34. The molecule has 1 aliphatic rings. The molecule has 4 aromatic rings. The number of anilines is 1. The fraction of sp³-hybridized carbons (Fsp3) is 0.0800. The molecular formula is C25H18N2O3S3. The standard InChI is InChI=1S/C25H18N2O3S3/c1-14-13-32-24-21(14)15(2)20(33-24)12-19-22(28)26-25(31)27(23(19)29)16-8-10-18(11-9-16)30-17-6-4-3-5-7-17/h3-13H,1-2H3,(H,26,28,31)/b19-12+. The number of nitrogens with zero attached hydrogens (tertiary/aromatic N) is 1. The number of hydrogen-bond acceptors (Lipinski definition) is 6. The number of ether oxygens (including phenoxy) is 1. The van der Waals surface area contributed by atoms with E-state index >= 15 is 0 Å². The lowest BCUT2D eigenvalue weighted by atomic mass is 10.1. The number of benzene rings is 2. The molecule has 5 rings (SSSR count). The molecule has 0 unspecified atom stereocenters. The van der Waals surface area contributed by atoms with E-state index < -0.39 is 11.8 Å². The Hall–Kier alpha value is -3.33. The van der Waals surface area contributed by atoms with Gasteiger partial charge >= 0.3 is 0 Å². The predicted molar refractivity (Wildman–Crippen MR) is 138 cm³/mol. The number of hydrogen-bond donors (Lipinski definition) is 1. The van der Waals surface area contributed by atoms with Crippen molar-refractivity contribution in [1.29, 1.82) is 0 Å². The zero-order chi connectivity index (χ0) is 23.1. The smallest absolute Gasteiger partial charge is 0.270 e. The van der Waals surface area contributed by atoms with Crippen molar-refractivity contribution >= 4 is 73.0 Å². The first kappa shape index (κ1) is 21.5. The maximum absolute atomic E-state index is 13.3. The van der Waals surface area contributed by atoms with E-state index in [2.05, 4.69) is 17.6 Å². The summed E-state index contributed by atoms with van der Waals surface area (Å²) in [5.41, 5.74) is 2.89. The number of fused-ring (bicyclic) bond motifs is 1. The molecule has 2 amide bonds. The second kappa shape index (κ2) is 8.55. The molecule has 0 radical (unpaired) electrons. The summed E-state index contributed by atoms with van der Waals surface area (Å²) in [7, 11) is 0. The van der Waals surface area contributed by atoms with Crippen LogP contribution in [0.2, 0.25) is 0 Å². The lowest BCUT2D eigenvalue weighted by Gasteiger charge is -2.29. The van der Waals surface area contributed by atoms with E-state index in [0.29, 0.717) is 17.2 Å². The van der Waals surface area contributed by atoms with E-state index in [-0.39, 0.29) is 10.7 Å². The topological polar surface area (TPSA) is 58.6 Å². The zero-order valence-corrected chi connectivity index (χ0v) is 20.2. The third-order valence-corrected chi connectivity index (χ3v) is 8.09. The highest BCUT2D eigenvalue weighted by atomic mass is 32.2. The Bertz CT molecular complexity index is 1430. The first-order valence-electron chi connectivity index (χ1n) is 10.1. The monoisotopic (exact) mass is 490 g/mol. The van der Waals surface area contributed by atoms with Crippen LogP contribution in [-0.2, 0) is 9.59 Å². The Morgan fingerprint density at radius 3 is 2.39 bits per heavy atom. The van der Waals surface area contributed by atoms with Gasteiger partial charge in [0, 0.05) is 10.3 Å². The Kier molecular flexibility index (Phi) is 5.57. The van der Waals surface area contributed by atoms with E-state index in [1.807, 2.05) is 37.3 Å². The summed E-state index contributed by atoms with van der Waals surface area (Å²) in [5, 5.41) is 6.02. The van der Waals surface area contributed by atoms with Crippen molar-refractivity contribution in [2.75, 3.05) is 4.90 Å². The minimum Gasteiger partial charge on any atom is -0.457 e. The van der Waals surface area contributed by atoms with Gasteiger partial charge < -0.3 is 4.74 Å². The van der Waals surface area contributed by atoms with E-state index in [0.717, 1.165) is 10.4 Å². The Morgan fingerprint density at radius 2 is 1.70 bits per heavy atom. The predicted octanol–water partition coefficient (Wildman–Crippen LogP) is 6.20. The number of para-hydroxylation sites is 1. The summed E-state index contributed by atoms with van der Waals surface area (Å²) in [6, 6.07) is 16.4. The average Bonchev–Trinajstić information content (AvgIpc) is 3.32. The van der Waals surface area contributed by atoms with E-state index in [4.69, 9.17) is 17.0 Å². The zero-order valence-electron chi connectivity index (χ0n) is 17.7. The number of rotatable bonds is 4.